The number of nitrogens with two attached hydrogens (primary N) is 1. The fourth-order valence-electron chi connectivity index (χ4n) is 2.59. The minimum atomic E-state index is 0.284. The van der Waals surface area contributed by atoms with Crippen LogP contribution in [0.15, 0.2) is 36.5 Å². The Hall–Kier alpha value is -2.03. The standard InChI is InChI=1S/C16H18N2O/c1-11-2-5-15-13(8-11)10-14(19-15)4-3-12-6-7-18-16(17)9-12/h2,5-9,14H,3-4,10H2,1H3,(H2,17,18). The lowest BCUT2D eigenvalue weighted by Crippen LogP contribution is -2.13. The Morgan fingerprint density at radius 3 is 3.05 bits per heavy atom. The lowest BCUT2D eigenvalue weighted by Gasteiger charge is -2.10. The Kier molecular flexibility index (Phi) is 3.11. The summed E-state index contributed by atoms with van der Waals surface area (Å²) in [5.74, 6) is 1.63. The molecule has 2 heterocycles. The van der Waals surface area contributed by atoms with Crippen molar-refractivity contribution in [3.63, 3.8) is 0 Å². The van der Waals surface area contributed by atoms with E-state index in [9.17, 15) is 0 Å². The molecule has 1 aromatic carbocycles. The number of hydrogen-bond donors (Lipinski definition) is 1. The van der Waals surface area contributed by atoms with Crippen LogP contribution >= 0.6 is 0 Å². The summed E-state index contributed by atoms with van der Waals surface area (Å²) in [5.41, 5.74) is 9.54. The minimum absolute atomic E-state index is 0.284. The summed E-state index contributed by atoms with van der Waals surface area (Å²) < 4.78 is 5.97. The predicted octanol–water partition coefficient (Wildman–Crippen LogP) is 2.91. The number of hydrogen-bond acceptors (Lipinski definition) is 3. The van der Waals surface area contributed by atoms with Crippen LogP contribution in [0.1, 0.15) is 23.1 Å². The quantitative estimate of drug-likeness (QED) is 0.916. The van der Waals surface area contributed by atoms with Gasteiger partial charge < -0.3 is 10.5 Å². The molecule has 0 spiro atoms. The van der Waals surface area contributed by atoms with Crippen molar-refractivity contribution in [1.29, 1.82) is 0 Å². The Balaban J connectivity index is 1.62. The second-order valence-corrected chi connectivity index (χ2v) is 5.18. The number of anilines is 1. The van der Waals surface area contributed by atoms with Gasteiger partial charge in [0.15, 0.2) is 0 Å². The van der Waals surface area contributed by atoms with E-state index in [0.717, 1.165) is 25.0 Å². The molecular formula is C16H18N2O. The van der Waals surface area contributed by atoms with Crippen LogP contribution in [0, 0.1) is 6.92 Å². The number of aromatic nitrogens is 1. The third kappa shape index (κ3) is 2.70. The van der Waals surface area contributed by atoms with Gasteiger partial charge in [0, 0.05) is 12.6 Å². The molecule has 1 unspecified atom stereocenters. The van der Waals surface area contributed by atoms with E-state index in [1.165, 1.54) is 16.7 Å². The van der Waals surface area contributed by atoms with E-state index < -0.39 is 0 Å². The molecule has 1 aromatic heterocycles. The third-order valence-corrected chi connectivity index (χ3v) is 3.56. The second kappa shape index (κ2) is 4.92. The number of pyridine rings is 1. The van der Waals surface area contributed by atoms with Crippen molar-refractivity contribution in [2.45, 2.75) is 32.3 Å². The van der Waals surface area contributed by atoms with Gasteiger partial charge in [-0.3, -0.25) is 0 Å². The zero-order chi connectivity index (χ0) is 13.2. The average Bonchev–Trinajstić information content (AvgIpc) is 2.78. The fraction of sp³-hybridized carbons (Fsp3) is 0.312. The Bertz CT molecular complexity index is 595. The Morgan fingerprint density at radius 2 is 2.21 bits per heavy atom. The molecular weight excluding hydrogens is 236 g/mol. The molecule has 3 heteroatoms. The molecule has 1 atom stereocenters. The van der Waals surface area contributed by atoms with Crippen LogP contribution in [0.3, 0.4) is 0 Å². The molecule has 0 radical (unpaired) electrons. The van der Waals surface area contributed by atoms with Crippen LogP contribution in [0.25, 0.3) is 0 Å². The van der Waals surface area contributed by atoms with Crippen molar-refractivity contribution in [2.75, 3.05) is 5.73 Å². The number of nitrogen functional groups attached to an aromatic ring is 1. The van der Waals surface area contributed by atoms with Crippen molar-refractivity contribution < 1.29 is 4.74 Å². The number of nitrogens with zero attached hydrogens (tertiary/aromatic N) is 1. The van der Waals surface area contributed by atoms with E-state index in [0.29, 0.717) is 5.82 Å². The number of rotatable bonds is 3. The van der Waals surface area contributed by atoms with Crippen molar-refractivity contribution in [1.82, 2.24) is 4.98 Å². The van der Waals surface area contributed by atoms with Gasteiger partial charge in [-0.25, -0.2) is 4.98 Å². The van der Waals surface area contributed by atoms with Crippen LogP contribution in [0.4, 0.5) is 5.82 Å². The van der Waals surface area contributed by atoms with E-state index in [2.05, 4.69) is 30.1 Å². The number of aryl methyl sites for hydroxylation is 2. The highest BCUT2D eigenvalue weighted by Crippen LogP contribution is 2.31. The van der Waals surface area contributed by atoms with Crippen LogP contribution in [0.2, 0.25) is 0 Å². The van der Waals surface area contributed by atoms with E-state index in [-0.39, 0.29) is 6.10 Å². The van der Waals surface area contributed by atoms with Gasteiger partial charge in [-0.1, -0.05) is 17.7 Å². The topological polar surface area (TPSA) is 48.1 Å². The van der Waals surface area contributed by atoms with Crippen molar-refractivity contribution in [3.05, 3.63) is 53.2 Å². The van der Waals surface area contributed by atoms with Gasteiger partial charge >= 0.3 is 0 Å². The summed E-state index contributed by atoms with van der Waals surface area (Å²) in [4.78, 5) is 4.01. The summed E-state index contributed by atoms with van der Waals surface area (Å²) in [5, 5.41) is 0. The molecule has 0 bridgehead atoms. The maximum Gasteiger partial charge on any atom is 0.123 e. The number of ether oxygens (including phenoxy) is 1. The highest BCUT2D eigenvalue weighted by molar-refractivity contribution is 5.40. The molecule has 98 valence electrons. The molecule has 3 rings (SSSR count). The molecule has 3 nitrogen and oxygen atoms in total. The van der Waals surface area contributed by atoms with Crippen molar-refractivity contribution >= 4 is 5.82 Å². The van der Waals surface area contributed by atoms with Gasteiger partial charge in [-0.2, -0.15) is 0 Å². The number of fused-ring (bicyclic) bond motifs is 1. The monoisotopic (exact) mass is 254 g/mol. The smallest absolute Gasteiger partial charge is 0.123 e. The molecule has 0 amide bonds. The van der Waals surface area contributed by atoms with Crippen LogP contribution in [0.5, 0.6) is 5.75 Å². The Morgan fingerprint density at radius 1 is 1.32 bits per heavy atom. The summed E-state index contributed by atoms with van der Waals surface area (Å²) >= 11 is 0. The van der Waals surface area contributed by atoms with E-state index in [1.54, 1.807) is 6.20 Å². The van der Waals surface area contributed by atoms with Crippen LogP contribution in [-0.4, -0.2) is 11.1 Å². The molecule has 1 aliphatic rings. The third-order valence-electron chi connectivity index (χ3n) is 3.56. The SMILES string of the molecule is Cc1ccc2c(c1)CC(CCc1ccnc(N)c1)O2. The summed E-state index contributed by atoms with van der Waals surface area (Å²) in [6.45, 7) is 2.12. The minimum Gasteiger partial charge on any atom is -0.490 e. The zero-order valence-electron chi connectivity index (χ0n) is 11.1. The fourth-order valence-corrected chi connectivity index (χ4v) is 2.59. The normalized spacial score (nSPS) is 17.0. The van der Waals surface area contributed by atoms with Gasteiger partial charge in [0.25, 0.3) is 0 Å². The Labute approximate surface area is 113 Å². The van der Waals surface area contributed by atoms with E-state index in [4.69, 9.17) is 10.5 Å². The van der Waals surface area contributed by atoms with Crippen LogP contribution in [-0.2, 0) is 12.8 Å². The summed E-state index contributed by atoms with van der Waals surface area (Å²) in [6, 6.07) is 10.4. The summed E-state index contributed by atoms with van der Waals surface area (Å²) in [7, 11) is 0. The maximum absolute atomic E-state index is 5.97. The molecule has 0 aliphatic carbocycles. The van der Waals surface area contributed by atoms with E-state index >= 15 is 0 Å². The lowest BCUT2D eigenvalue weighted by molar-refractivity contribution is 0.222. The van der Waals surface area contributed by atoms with Gasteiger partial charge in [-0.15, -0.1) is 0 Å². The highest BCUT2D eigenvalue weighted by Gasteiger charge is 2.22. The molecule has 0 saturated carbocycles. The number of benzene rings is 1. The van der Waals surface area contributed by atoms with Crippen molar-refractivity contribution in [3.8, 4) is 5.75 Å². The van der Waals surface area contributed by atoms with Gasteiger partial charge in [0.2, 0.25) is 0 Å². The first-order valence-electron chi connectivity index (χ1n) is 6.67. The first kappa shape index (κ1) is 12.0. The first-order valence-corrected chi connectivity index (χ1v) is 6.67. The average molecular weight is 254 g/mol. The van der Waals surface area contributed by atoms with Gasteiger partial charge in [-0.05, 0) is 49.1 Å². The summed E-state index contributed by atoms with van der Waals surface area (Å²) in [6.07, 6.45) is 5.04. The lowest BCUT2D eigenvalue weighted by atomic mass is 10.0. The molecule has 0 saturated heterocycles. The largest absolute Gasteiger partial charge is 0.490 e. The van der Waals surface area contributed by atoms with E-state index in [1.807, 2.05) is 12.1 Å². The molecule has 2 aromatic rings. The zero-order valence-corrected chi connectivity index (χ0v) is 11.1. The maximum atomic E-state index is 5.97. The molecule has 19 heavy (non-hydrogen) atoms. The van der Waals surface area contributed by atoms with Gasteiger partial charge in [0.05, 0.1) is 0 Å². The molecule has 2 N–H and O–H groups in total. The highest BCUT2D eigenvalue weighted by atomic mass is 16.5. The van der Waals surface area contributed by atoms with Crippen LogP contribution < -0.4 is 10.5 Å². The van der Waals surface area contributed by atoms with Crippen molar-refractivity contribution in [2.24, 2.45) is 0 Å². The molecule has 1 aliphatic heterocycles. The second-order valence-electron chi connectivity index (χ2n) is 5.18. The first-order chi connectivity index (χ1) is 9.20. The predicted molar refractivity (Wildman–Crippen MR) is 76.3 cm³/mol. The molecule has 0 fully saturated rings. The van der Waals surface area contributed by atoms with Gasteiger partial charge in [0.1, 0.15) is 17.7 Å².